The molecule has 4 nitrogen and oxygen atoms in total. The third kappa shape index (κ3) is 3.10. The lowest BCUT2D eigenvalue weighted by atomic mass is 9.98. The number of hydrogen-bond donors (Lipinski definition) is 2. The van der Waals surface area contributed by atoms with Crippen LogP contribution in [-0.2, 0) is 0 Å². The molecule has 1 aromatic carbocycles. The van der Waals surface area contributed by atoms with Crippen LogP contribution in [0, 0.1) is 13.8 Å². The molecule has 0 radical (unpaired) electrons. The van der Waals surface area contributed by atoms with Gasteiger partial charge in [-0.25, -0.2) is 5.43 Å². The molecule has 20 heavy (non-hydrogen) atoms. The topological polar surface area (TPSA) is 60.2 Å². The summed E-state index contributed by atoms with van der Waals surface area (Å²) in [6, 6.07) is 9.51. The van der Waals surface area contributed by atoms with Crippen molar-refractivity contribution in [2.75, 3.05) is 7.11 Å². The summed E-state index contributed by atoms with van der Waals surface area (Å²) < 4.78 is 5.25. The van der Waals surface area contributed by atoms with Gasteiger partial charge in [-0.2, -0.15) is 0 Å². The van der Waals surface area contributed by atoms with Gasteiger partial charge in [0.25, 0.3) is 0 Å². The SMILES string of the molecule is COc1cc(C(NN)c2cc(C)nc(C)c2)ccc1Cl. The molecule has 0 aliphatic carbocycles. The van der Waals surface area contributed by atoms with Crippen molar-refractivity contribution in [2.45, 2.75) is 19.9 Å². The maximum absolute atomic E-state index is 6.05. The number of benzene rings is 1. The molecular weight excluding hydrogens is 274 g/mol. The van der Waals surface area contributed by atoms with Gasteiger partial charge in [-0.15, -0.1) is 0 Å². The summed E-state index contributed by atoms with van der Waals surface area (Å²) in [6.45, 7) is 3.93. The van der Waals surface area contributed by atoms with Crippen LogP contribution in [0.25, 0.3) is 0 Å². The number of aromatic nitrogens is 1. The monoisotopic (exact) mass is 291 g/mol. The van der Waals surface area contributed by atoms with Gasteiger partial charge in [-0.05, 0) is 49.2 Å². The van der Waals surface area contributed by atoms with Crippen molar-refractivity contribution in [3.8, 4) is 5.75 Å². The Bertz CT molecular complexity index is 596. The van der Waals surface area contributed by atoms with E-state index in [1.165, 1.54) is 0 Å². The van der Waals surface area contributed by atoms with E-state index in [2.05, 4.69) is 10.4 Å². The van der Waals surface area contributed by atoms with Gasteiger partial charge in [0.15, 0.2) is 0 Å². The molecule has 5 heteroatoms. The summed E-state index contributed by atoms with van der Waals surface area (Å²) in [7, 11) is 1.59. The third-order valence-corrected chi connectivity index (χ3v) is 3.42. The summed E-state index contributed by atoms with van der Waals surface area (Å²) >= 11 is 6.05. The molecule has 2 aromatic rings. The number of nitrogens with one attached hydrogen (secondary N) is 1. The number of nitrogens with two attached hydrogens (primary N) is 1. The molecule has 1 unspecified atom stereocenters. The Labute approximate surface area is 123 Å². The molecule has 0 bridgehead atoms. The van der Waals surface area contributed by atoms with Crippen molar-refractivity contribution in [2.24, 2.45) is 5.84 Å². The maximum Gasteiger partial charge on any atom is 0.137 e. The minimum atomic E-state index is -0.137. The van der Waals surface area contributed by atoms with Crippen LogP contribution < -0.4 is 16.0 Å². The fourth-order valence-corrected chi connectivity index (χ4v) is 2.47. The number of halogens is 1. The van der Waals surface area contributed by atoms with Gasteiger partial charge in [0.05, 0.1) is 18.2 Å². The van der Waals surface area contributed by atoms with Crippen LogP contribution in [-0.4, -0.2) is 12.1 Å². The van der Waals surface area contributed by atoms with Gasteiger partial charge < -0.3 is 4.74 Å². The average molecular weight is 292 g/mol. The van der Waals surface area contributed by atoms with Crippen LogP contribution in [0.4, 0.5) is 0 Å². The van der Waals surface area contributed by atoms with Crippen LogP contribution in [0.3, 0.4) is 0 Å². The Balaban J connectivity index is 2.46. The molecule has 0 saturated heterocycles. The normalized spacial score (nSPS) is 12.2. The number of methoxy groups -OCH3 is 1. The van der Waals surface area contributed by atoms with Crippen LogP contribution >= 0.6 is 11.6 Å². The second-order valence-corrected chi connectivity index (χ2v) is 5.08. The first-order chi connectivity index (χ1) is 9.55. The van der Waals surface area contributed by atoms with Crippen LogP contribution in [0.5, 0.6) is 5.75 Å². The Kier molecular flexibility index (Phi) is 4.60. The second-order valence-electron chi connectivity index (χ2n) is 4.68. The van der Waals surface area contributed by atoms with Gasteiger partial charge >= 0.3 is 0 Å². The van der Waals surface area contributed by atoms with E-state index < -0.39 is 0 Å². The summed E-state index contributed by atoms with van der Waals surface area (Å²) in [5.74, 6) is 6.35. The average Bonchev–Trinajstić information content (AvgIpc) is 2.40. The van der Waals surface area contributed by atoms with Gasteiger partial charge in [0.2, 0.25) is 0 Å². The van der Waals surface area contributed by atoms with Crippen molar-refractivity contribution in [1.82, 2.24) is 10.4 Å². The van der Waals surface area contributed by atoms with E-state index in [1.54, 1.807) is 13.2 Å². The fraction of sp³-hybridized carbons (Fsp3) is 0.267. The number of pyridine rings is 1. The number of hydrogen-bond acceptors (Lipinski definition) is 4. The van der Waals surface area contributed by atoms with Crippen molar-refractivity contribution in [3.05, 3.63) is 57.9 Å². The molecule has 1 heterocycles. The van der Waals surface area contributed by atoms with E-state index in [4.69, 9.17) is 22.2 Å². The van der Waals surface area contributed by atoms with Crippen molar-refractivity contribution in [3.63, 3.8) is 0 Å². The Morgan fingerprint density at radius 2 is 1.80 bits per heavy atom. The standard InChI is InChI=1S/C15H18ClN3O/c1-9-6-12(7-10(2)18-9)15(19-17)11-4-5-13(16)14(8-11)20-3/h4-8,15,19H,17H2,1-3H3. The molecule has 0 aliphatic heterocycles. The molecular formula is C15H18ClN3O. The minimum Gasteiger partial charge on any atom is -0.495 e. The highest BCUT2D eigenvalue weighted by Gasteiger charge is 2.15. The highest BCUT2D eigenvalue weighted by Crippen LogP contribution is 2.30. The summed E-state index contributed by atoms with van der Waals surface area (Å²) in [6.07, 6.45) is 0. The molecule has 2 rings (SSSR count). The number of hydrazine groups is 1. The van der Waals surface area contributed by atoms with Crippen LogP contribution in [0.15, 0.2) is 30.3 Å². The maximum atomic E-state index is 6.05. The quantitative estimate of drug-likeness (QED) is 0.672. The molecule has 1 aromatic heterocycles. The number of aryl methyl sites for hydroxylation is 2. The summed E-state index contributed by atoms with van der Waals surface area (Å²) in [5, 5.41) is 0.578. The van der Waals surface area contributed by atoms with Gasteiger partial charge in [0.1, 0.15) is 5.75 Å². The lowest BCUT2D eigenvalue weighted by molar-refractivity contribution is 0.414. The van der Waals surface area contributed by atoms with Crippen LogP contribution in [0.2, 0.25) is 5.02 Å². The number of rotatable bonds is 4. The molecule has 0 spiro atoms. The van der Waals surface area contributed by atoms with Crippen LogP contribution in [0.1, 0.15) is 28.6 Å². The Morgan fingerprint density at radius 1 is 1.15 bits per heavy atom. The molecule has 0 saturated carbocycles. The second kappa shape index (κ2) is 6.22. The predicted molar refractivity (Wildman–Crippen MR) is 80.9 cm³/mol. The zero-order chi connectivity index (χ0) is 14.7. The van der Waals surface area contributed by atoms with E-state index in [9.17, 15) is 0 Å². The first-order valence-electron chi connectivity index (χ1n) is 6.30. The highest BCUT2D eigenvalue weighted by atomic mass is 35.5. The largest absolute Gasteiger partial charge is 0.495 e. The molecule has 106 valence electrons. The highest BCUT2D eigenvalue weighted by molar-refractivity contribution is 6.32. The van der Waals surface area contributed by atoms with E-state index in [0.29, 0.717) is 10.8 Å². The van der Waals surface area contributed by atoms with E-state index in [1.807, 2.05) is 38.1 Å². The third-order valence-electron chi connectivity index (χ3n) is 3.11. The molecule has 3 N–H and O–H groups in total. The minimum absolute atomic E-state index is 0.137. The first kappa shape index (κ1) is 14.8. The zero-order valence-corrected chi connectivity index (χ0v) is 12.5. The Morgan fingerprint density at radius 3 is 2.35 bits per heavy atom. The van der Waals surface area contributed by atoms with Gasteiger partial charge in [-0.1, -0.05) is 17.7 Å². The number of nitrogens with zero attached hydrogens (tertiary/aromatic N) is 1. The molecule has 0 aliphatic rings. The first-order valence-corrected chi connectivity index (χ1v) is 6.67. The fourth-order valence-electron chi connectivity index (χ4n) is 2.27. The van der Waals surface area contributed by atoms with Crippen molar-refractivity contribution >= 4 is 11.6 Å². The number of ether oxygens (including phenoxy) is 1. The van der Waals surface area contributed by atoms with E-state index >= 15 is 0 Å². The molecule has 0 amide bonds. The summed E-state index contributed by atoms with van der Waals surface area (Å²) in [5.41, 5.74) is 6.79. The van der Waals surface area contributed by atoms with E-state index in [0.717, 1.165) is 22.5 Å². The lowest BCUT2D eigenvalue weighted by Gasteiger charge is -2.19. The molecule has 1 atom stereocenters. The molecule has 0 fully saturated rings. The van der Waals surface area contributed by atoms with E-state index in [-0.39, 0.29) is 6.04 Å². The predicted octanol–water partition coefficient (Wildman–Crippen LogP) is 2.91. The van der Waals surface area contributed by atoms with Gasteiger partial charge in [0, 0.05) is 11.4 Å². The zero-order valence-electron chi connectivity index (χ0n) is 11.8. The van der Waals surface area contributed by atoms with Crippen molar-refractivity contribution < 1.29 is 4.74 Å². The van der Waals surface area contributed by atoms with Gasteiger partial charge in [-0.3, -0.25) is 10.8 Å². The van der Waals surface area contributed by atoms with Crippen molar-refractivity contribution in [1.29, 1.82) is 0 Å². The lowest BCUT2D eigenvalue weighted by Crippen LogP contribution is -2.29. The summed E-state index contributed by atoms with van der Waals surface area (Å²) in [4.78, 5) is 4.38. The Hall–Kier alpha value is -1.62. The smallest absolute Gasteiger partial charge is 0.137 e.